The number of anilines is 1. The first-order valence-electron chi connectivity index (χ1n) is 8.73. The highest BCUT2D eigenvalue weighted by molar-refractivity contribution is 14.1. The van der Waals surface area contributed by atoms with Gasteiger partial charge in [0.1, 0.15) is 5.82 Å². The fourth-order valence-electron chi connectivity index (χ4n) is 3.34. The second kappa shape index (κ2) is 8.09. The van der Waals surface area contributed by atoms with Crippen LogP contribution in [0.25, 0.3) is 5.65 Å². The van der Waals surface area contributed by atoms with Crippen molar-refractivity contribution in [3.63, 3.8) is 0 Å². The monoisotopic (exact) mass is 540 g/mol. The number of halogens is 2. The summed E-state index contributed by atoms with van der Waals surface area (Å²) in [5.74, 6) is 1.24. The summed E-state index contributed by atoms with van der Waals surface area (Å²) in [6.45, 7) is 2.21. The molecule has 0 unspecified atom stereocenters. The summed E-state index contributed by atoms with van der Waals surface area (Å²) in [4.78, 5) is 22.5. The van der Waals surface area contributed by atoms with Gasteiger partial charge in [0.05, 0.1) is 10.7 Å². The van der Waals surface area contributed by atoms with Gasteiger partial charge in [0.25, 0.3) is 3.91 Å². The summed E-state index contributed by atoms with van der Waals surface area (Å²) in [7, 11) is 0. The molecule has 27 heavy (non-hydrogen) atoms. The van der Waals surface area contributed by atoms with Crippen LogP contribution in [-0.4, -0.2) is 41.5 Å². The zero-order valence-corrected chi connectivity index (χ0v) is 18.2. The number of fused-ring (bicyclic) bond motifs is 1. The molecule has 1 fully saturated rings. The Morgan fingerprint density at radius 2 is 2.15 bits per heavy atom. The standard InChI is InChI=1S/C18H18BrIN6O/c19-14-11-23-26-16(22-10-12-2-1-5-21-9-12)8-15(24-17(14)26)13-3-6-25(7-4-13)18(20)27/h1-2,5,8-9,11,13,22H,3-4,6-7,10H2. The van der Waals surface area contributed by atoms with Gasteiger partial charge in [-0.2, -0.15) is 9.61 Å². The molecule has 1 aliphatic heterocycles. The maximum atomic E-state index is 11.6. The highest BCUT2D eigenvalue weighted by atomic mass is 127. The molecule has 1 aliphatic rings. The molecule has 4 rings (SSSR count). The second-order valence-corrected chi connectivity index (χ2v) is 8.30. The third-order valence-electron chi connectivity index (χ3n) is 4.81. The number of rotatable bonds is 4. The van der Waals surface area contributed by atoms with E-state index in [1.807, 2.05) is 50.3 Å². The van der Waals surface area contributed by atoms with E-state index in [-0.39, 0.29) is 3.91 Å². The molecule has 9 heteroatoms. The van der Waals surface area contributed by atoms with Gasteiger partial charge in [0.15, 0.2) is 5.65 Å². The van der Waals surface area contributed by atoms with Gasteiger partial charge in [0, 0.05) is 72.3 Å². The van der Waals surface area contributed by atoms with E-state index in [0.717, 1.165) is 53.1 Å². The molecule has 0 aliphatic carbocycles. The molecule has 3 aromatic heterocycles. The van der Waals surface area contributed by atoms with Crippen LogP contribution in [0.1, 0.15) is 30.0 Å². The molecule has 0 saturated carbocycles. The van der Waals surface area contributed by atoms with Crippen molar-refractivity contribution >= 4 is 53.9 Å². The Bertz CT molecular complexity index is 955. The third-order valence-corrected chi connectivity index (χ3v) is 6.05. The Labute approximate surface area is 178 Å². The zero-order chi connectivity index (χ0) is 18.8. The van der Waals surface area contributed by atoms with Crippen LogP contribution in [0.5, 0.6) is 0 Å². The fraction of sp³-hybridized carbons (Fsp3) is 0.333. The summed E-state index contributed by atoms with van der Waals surface area (Å²) >= 11 is 5.41. The van der Waals surface area contributed by atoms with Crippen LogP contribution in [0.2, 0.25) is 0 Å². The predicted molar refractivity (Wildman–Crippen MR) is 115 cm³/mol. The van der Waals surface area contributed by atoms with E-state index in [1.54, 1.807) is 12.4 Å². The van der Waals surface area contributed by atoms with E-state index in [2.05, 4.69) is 37.4 Å². The van der Waals surface area contributed by atoms with Crippen LogP contribution >= 0.6 is 38.5 Å². The zero-order valence-electron chi connectivity index (χ0n) is 14.5. The van der Waals surface area contributed by atoms with Gasteiger partial charge >= 0.3 is 0 Å². The van der Waals surface area contributed by atoms with E-state index in [1.165, 1.54) is 0 Å². The summed E-state index contributed by atoms with van der Waals surface area (Å²) in [6, 6.07) is 6.04. The Hall–Kier alpha value is -1.75. The number of likely N-dealkylation sites (tertiary alicyclic amines) is 1. The van der Waals surface area contributed by atoms with Crippen LogP contribution in [0.4, 0.5) is 10.6 Å². The number of amides is 1. The minimum absolute atomic E-state index is 0.117. The average molecular weight is 541 g/mol. The molecule has 0 atom stereocenters. The molecule has 0 radical (unpaired) electrons. The van der Waals surface area contributed by atoms with E-state index in [0.29, 0.717) is 12.5 Å². The summed E-state index contributed by atoms with van der Waals surface area (Å²) in [5.41, 5.74) is 2.94. The van der Waals surface area contributed by atoms with E-state index < -0.39 is 0 Å². The first-order chi connectivity index (χ1) is 13.1. The van der Waals surface area contributed by atoms with Gasteiger partial charge in [-0.1, -0.05) is 6.07 Å². The second-order valence-electron chi connectivity index (χ2n) is 6.52. The highest BCUT2D eigenvalue weighted by Gasteiger charge is 2.25. The number of nitrogens with one attached hydrogen (secondary N) is 1. The van der Waals surface area contributed by atoms with Crippen LogP contribution in [-0.2, 0) is 6.54 Å². The Morgan fingerprint density at radius 3 is 2.85 bits per heavy atom. The number of aromatic nitrogens is 4. The lowest BCUT2D eigenvalue weighted by Crippen LogP contribution is -2.34. The van der Waals surface area contributed by atoms with Crippen LogP contribution in [0, 0.1) is 0 Å². The topological polar surface area (TPSA) is 75.4 Å². The van der Waals surface area contributed by atoms with E-state index in [4.69, 9.17) is 4.98 Å². The van der Waals surface area contributed by atoms with Crippen molar-refractivity contribution < 1.29 is 4.79 Å². The molecule has 0 bridgehead atoms. The lowest BCUT2D eigenvalue weighted by molar-refractivity contribution is 0.208. The normalized spacial score (nSPS) is 15.3. The highest BCUT2D eigenvalue weighted by Crippen LogP contribution is 2.31. The minimum atomic E-state index is 0.117. The number of piperidine rings is 1. The van der Waals surface area contributed by atoms with Crippen LogP contribution < -0.4 is 5.32 Å². The number of hydrogen-bond donors (Lipinski definition) is 1. The Morgan fingerprint density at radius 1 is 1.33 bits per heavy atom. The molecule has 4 heterocycles. The minimum Gasteiger partial charge on any atom is -0.366 e. The van der Waals surface area contributed by atoms with Crippen molar-refractivity contribution in [2.24, 2.45) is 0 Å². The number of carbonyl (C=O) groups is 1. The van der Waals surface area contributed by atoms with Crippen molar-refractivity contribution in [3.05, 3.63) is 52.5 Å². The molecule has 1 saturated heterocycles. The lowest BCUT2D eigenvalue weighted by atomic mass is 9.93. The smallest absolute Gasteiger partial charge is 0.283 e. The van der Waals surface area contributed by atoms with Crippen molar-refractivity contribution in [1.82, 2.24) is 24.5 Å². The molecule has 0 spiro atoms. The van der Waals surface area contributed by atoms with Crippen molar-refractivity contribution in [1.29, 1.82) is 0 Å². The van der Waals surface area contributed by atoms with Gasteiger partial charge in [-0.25, -0.2) is 4.98 Å². The van der Waals surface area contributed by atoms with E-state index >= 15 is 0 Å². The number of hydrogen-bond acceptors (Lipinski definition) is 5. The van der Waals surface area contributed by atoms with Crippen molar-refractivity contribution in [2.75, 3.05) is 18.4 Å². The van der Waals surface area contributed by atoms with Crippen LogP contribution in [0.3, 0.4) is 0 Å². The van der Waals surface area contributed by atoms with E-state index in [9.17, 15) is 4.79 Å². The molecule has 3 aromatic rings. The molecule has 1 amide bonds. The predicted octanol–water partition coefficient (Wildman–Crippen LogP) is 4.23. The SMILES string of the molecule is O=C(I)N1CCC(c2cc(NCc3cccnc3)n3ncc(Br)c3n2)CC1. The van der Waals surface area contributed by atoms with Crippen molar-refractivity contribution in [2.45, 2.75) is 25.3 Å². The first kappa shape index (κ1) is 18.6. The number of nitrogens with zero attached hydrogens (tertiary/aromatic N) is 5. The first-order valence-corrected chi connectivity index (χ1v) is 10.6. The maximum absolute atomic E-state index is 11.6. The summed E-state index contributed by atoms with van der Waals surface area (Å²) in [5, 5.41) is 7.88. The lowest BCUT2D eigenvalue weighted by Gasteiger charge is -2.30. The molecule has 140 valence electrons. The third kappa shape index (κ3) is 4.08. The van der Waals surface area contributed by atoms with Gasteiger partial charge in [-0.3, -0.25) is 9.78 Å². The van der Waals surface area contributed by atoms with Gasteiger partial charge in [-0.15, -0.1) is 0 Å². The fourth-order valence-corrected chi connectivity index (χ4v) is 4.17. The number of pyridine rings is 1. The quantitative estimate of drug-likeness (QED) is 0.304. The number of carbonyl (C=O) groups excluding carboxylic acids is 1. The molecule has 7 nitrogen and oxygen atoms in total. The largest absolute Gasteiger partial charge is 0.366 e. The van der Waals surface area contributed by atoms with Crippen molar-refractivity contribution in [3.8, 4) is 0 Å². The summed E-state index contributed by atoms with van der Waals surface area (Å²) < 4.78 is 2.80. The average Bonchev–Trinajstić information content (AvgIpc) is 3.08. The summed E-state index contributed by atoms with van der Waals surface area (Å²) in [6.07, 6.45) is 7.22. The maximum Gasteiger partial charge on any atom is 0.283 e. The molecule has 0 aromatic carbocycles. The molecule has 1 N–H and O–H groups in total. The van der Waals surface area contributed by atoms with Gasteiger partial charge in [0.2, 0.25) is 0 Å². The Kier molecular flexibility index (Phi) is 5.58. The van der Waals surface area contributed by atoms with Gasteiger partial charge < -0.3 is 10.2 Å². The molecular weight excluding hydrogens is 523 g/mol. The molecular formula is C18H18BrIN6O. The van der Waals surface area contributed by atoms with Crippen LogP contribution in [0.15, 0.2) is 41.3 Å². The Balaban J connectivity index is 1.60. The van der Waals surface area contributed by atoms with Gasteiger partial charge in [-0.05, 0) is 40.4 Å².